The highest BCUT2D eigenvalue weighted by atomic mass is 16.3. The van der Waals surface area contributed by atoms with Crippen molar-refractivity contribution in [2.45, 2.75) is 0 Å². The highest BCUT2D eigenvalue weighted by molar-refractivity contribution is 5.80. The molecule has 2 aromatic carbocycles. The monoisotopic (exact) mass is 335 g/mol. The summed E-state index contributed by atoms with van der Waals surface area (Å²) in [5.41, 5.74) is 4.47. The summed E-state index contributed by atoms with van der Waals surface area (Å²) in [5.74, 6) is 1.31. The molecule has 0 aliphatic heterocycles. The molecule has 126 valence electrons. The molecule has 8 nitrogen and oxygen atoms in total. The molecular weight excluding hydrogens is 318 g/mol. The summed E-state index contributed by atoms with van der Waals surface area (Å²) < 4.78 is 0. The van der Waals surface area contributed by atoms with E-state index in [1.807, 2.05) is 30.3 Å². The SMILES string of the molecule is CNc1nc(N/N=C/c2ccc(O)cc2)nc(Nc2ccccc2)n1. The zero-order chi connectivity index (χ0) is 17.5. The number of rotatable bonds is 6. The first kappa shape index (κ1) is 16.2. The third-order valence-corrected chi connectivity index (χ3v) is 3.16. The zero-order valence-corrected chi connectivity index (χ0v) is 13.5. The lowest BCUT2D eigenvalue weighted by Gasteiger charge is -2.08. The van der Waals surface area contributed by atoms with E-state index in [-0.39, 0.29) is 5.75 Å². The molecule has 0 unspecified atom stereocenters. The van der Waals surface area contributed by atoms with Crippen LogP contribution in [0.1, 0.15) is 5.56 Å². The van der Waals surface area contributed by atoms with Crippen molar-refractivity contribution >= 4 is 29.7 Å². The Morgan fingerprint density at radius 3 is 2.28 bits per heavy atom. The number of aromatic nitrogens is 3. The highest BCUT2D eigenvalue weighted by Crippen LogP contribution is 2.15. The molecule has 0 spiro atoms. The van der Waals surface area contributed by atoms with Gasteiger partial charge in [0, 0.05) is 12.7 Å². The summed E-state index contributed by atoms with van der Waals surface area (Å²) in [5, 5.41) is 19.4. The largest absolute Gasteiger partial charge is 0.508 e. The standard InChI is InChI=1S/C17H17N7O/c1-18-15-21-16(20-13-5-3-2-4-6-13)23-17(22-15)24-19-11-12-7-9-14(25)10-8-12/h2-11,25H,1H3,(H3,18,20,21,22,23,24)/b19-11+. The highest BCUT2D eigenvalue weighted by Gasteiger charge is 2.05. The number of phenolic OH excluding ortho intramolecular Hbond substituents is 1. The van der Waals surface area contributed by atoms with E-state index in [4.69, 9.17) is 0 Å². The van der Waals surface area contributed by atoms with E-state index >= 15 is 0 Å². The summed E-state index contributed by atoms with van der Waals surface area (Å²) in [4.78, 5) is 12.7. The summed E-state index contributed by atoms with van der Waals surface area (Å²) >= 11 is 0. The van der Waals surface area contributed by atoms with Crippen LogP contribution in [0.5, 0.6) is 5.75 Å². The maximum Gasteiger partial charge on any atom is 0.250 e. The molecule has 8 heteroatoms. The molecule has 0 aliphatic carbocycles. The van der Waals surface area contributed by atoms with Gasteiger partial charge in [-0.2, -0.15) is 20.1 Å². The molecule has 0 radical (unpaired) electrons. The van der Waals surface area contributed by atoms with Gasteiger partial charge in [0.15, 0.2) is 0 Å². The van der Waals surface area contributed by atoms with E-state index in [2.05, 4.69) is 36.1 Å². The van der Waals surface area contributed by atoms with Crippen LogP contribution >= 0.6 is 0 Å². The van der Waals surface area contributed by atoms with E-state index in [1.165, 1.54) is 0 Å². The van der Waals surface area contributed by atoms with Gasteiger partial charge in [-0.3, -0.25) is 0 Å². The van der Waals surface area contributed by atoms with Gasteiger partial charge >= 0.3 is 0 Å². The van der Waals surface area contributed by atoms with Crippen LogP contribution in [-0.2, 0) is 0 Å². The fourth-order valence-electron chi connectivity index (χ4n) is 1.97. The Morgan fingerprint density at radius 2 is 1.56 bits per heavy atom. The average Bonchev–Trinajstić information content (AvgIpc) is 2.64. The Hall–Kier alpha value is -3.68. The lowest BCUT2D eigenvalue weighted by atomic mass is 10.2. The summed E-state index contributed by atoms with van der Waals surface area (Å²) in [6.45, 7) is 0. The average molecular weight is 335 g/mol. The van der Waals surface area contributed by atoms with E-state index in [9.17, 15) is 5.11 Å². The number of para-hydroxylation sites is 1. The number of phenols is 1. The minimum Gasteiger partial charge on any atom is -0.508 e. The minimum absolute atomic E-state index is 0.206. The predicted molar refractivity (Wildman–Crippen MR) is 98.4 cm³/mol. The quantitative estimate of drug-likeness (QED) is 0.405. The predicted octanol–water partition coefficient (Wildman–Crippen LogP) is 2.81. The number of hydrogen-bond acceptors (Lipinski definition) is 8. The van der Waals surface area contributed by atoms with Crippen molar-refractivity contribution < 1.29 is 5.11 Å². The van der Waals surface area contributed by atoms with Crippen LogP contribution in [0.15, 0.2) is 59.7 Å². The molecule has 3 rings (SSSR count). The van der Waals surface area contributed by atoms with Gasteiger partial charge in [0.1, 0.15) is 5.75 Å². The van der Waals surface area contributed by atoms with Crippen LogP contribution < -0.4 is 16.1 Å². The Kier molecular flexibility index (Phi) is 5.01. The molecule has 4 N–H and O–H groups in total. The lowest BCUT2D eigenvalue weighted by Crippen LogP contribution is -2.07. The molecule has 0 fully saturated rings. The Morgan fingerprint density at radius 1 is 0.880 bits per heavy atom. The van der Waals surface area contributed by atoms with Crippen molar-refractivity contribution in [3.05, 3.63) is 60.2 Å². The van der Waals surface area contributed by atoms with Crippen molar-refractivity contribution in [3.8, 4) is 5.75 Å². The lowest BCUT2D eigenvalue weighted by molar-refractivity contribution is 0.475. The zero-order valence-electron chi connectivity index (χ0n) is 13.5. The van der Waals surface area contributed by atoms with Gasteiger partial charge in [0.05, 0.1) is 6.21 Å². The maximum absolute atomic E-state index is 9.27. The van der Waals surface area contributed by atoms with Crippen molar-refractivity contribution in [2.24, 2.45) is 5.10 Å². The minimum atomic E-state index is 0.206. The number of nitrogens with one attached hydrogen (secondary N) is 3. The molecule has 0 saturated carbocycles. The van der Waals surface area contributed by atoms with E-state index in [0.717, 1.165) is 11.3 Å². The number of nitrogens with zero attached hydrogens (tertiary/aromatic N) is 4. The van der Waals surface area contributed by atoms with Gasteiger partial charge in [0.25, 0.3) is 0 Å². The topological polar surface area (TPSA) is 107 Å². The van der Waals surface area contributed by atoms with Crippen LogP contribution in [0.3, 0.4) is 0 Å². The second-order valence-corrected chi connectivity index (χ2v) is 5.01. The summed E-state index contributed by atoms with van der Waals surface area (Å²) in [6.07, 6.45) is 1.60. The van der Waals surface area contributed by atoms with Gasteiger partial charge in [0.2, 0.25) is 17.8 Å². The number of anilines is 4. The Labute approximate surface area is 144 Å². The molecule has 0 amide bonds. The van der Waals surface area contributed by atoms with Crippen molar-refractivity contribution in [2.75, 3.05) is 23.1 Å². The van der Waals surface area contributed by atoms with Crippen molar-refractivity contribution in [1.82, 2.24) is 15.0 Å². The third-order valence-electron chi connectivity index (χ3n) is 3.16. The molecule has 0 aliphatic rings. The number of hydrazone groups is 1. The van der Waals surface area contributed by atoms with Crippen LogP contribution in [-0.4, -0.2) is 33.3 Å². The molecule has 0 bridgehead atoms. The van der Waals surface area contributed by atoms with Gasteiger partial charge in [-0.25, -0.2) is 5.43 Å². The van der Waals surface area contributed by atoms with E-state index < -0.39 is 0 Å². The van der Waals surface area contributed by atoms with Crippen LogP contribution in [0.25, 0.3) is 0 Å². The van der Waals surface area contributed by atoms with E-state index in [0.29, 0.717) is 17.8 Å². The number of hydrogen-bond donors (Lipinski definition) is 4. The summed E-state index contributed by atoms with van der Waals surface area (Å²) in [6, 6.07) is 16.3. The number of aromatic hydroxyl groups is 1. The van der Waals surface area contributed by atoms with Gasteiger partial charge in [-0.15, -0.1) is 0 Å². The fourth-order valence-corrected chi connectivity index (χ4v) is 1.97. The molecular formula is C17H17N7O. The first-order valence-corrected chi connectivity index (χ1v) is 7.57. The molecule has 0 saturated heterocycles. The van der Waals surface area contributed by atoms with Crippen LogP contribution in [0.2, 0.25) is 0 Å². The van der Waals surface area contributed by atoms with Crippen molar-refractivity contribution in [1.29, 1.82) is 0 Å². The molecule has 0 atom stereocenters. The first-order chi connectivity index (χ1) is 12.2. The fraction of sp³-hybridized carbons (Fsp3) is 0.0588. The van der Waals surface area contributed by atoms with Gasteiger partial charge in [-0.05, 0) is 42.0 Å². The molecule has 1 heterocycles. The number of benzene rings is 2. The second-order valence-electron chi connectivity index (χ2n) is 5.01. The van der Waals surface area contributed by atoms with Gasteiger partial charge in [-0.1, -0.05) is 18.2 Å². The van der Waals surface area contributed by atoms with Crippen LogP contribution in [0, 0.1) is 0 Å². The second kappa shape index (κ2) is 7.73. The molecule has 3 aromatic rings. The maximum atomic E-state index is 9.27. The van der Waals surface area contributed by atoms with E-state index in [1.54, 1.807) is 37.5 Å². The first-order valence-electron chi connectivity index (χ1n) is 7.57. The van der Waals surface area contributed by atoms with Gasteiger partial charge < -0.3 is 15.7 Å². The van der Waals surface area contributed by atoms with Crippen molar-refractivity contribution in [3.63, 3.8) is 0 Å². The molecule has 25 heavy (non-hydrogen) atoms. The molecule has 1 aromatic heterocycles. The summed E-state index contributed by atoms with van der Waals surface area (Å²) in [7, 11) is 1.73. The third kappa shape index (κ3) is 4.64. The van der Waals surface area contributed by atoms with Crippen LogP contribution in [0.4, 0.5) is 23.5 Å². The Balaban J connectivity index is 1.74. The Bertz CT molecular complexity index is 851. The smallest absolute Gasteiger partial charge is 0.250 e. The normalized spacial score (nSPS) is 10.6.